The summed E-state index contributed by atoms with van der Waals surface area (Å²) in [6.07, 6.45) is 1.04. The predicted molar refractivity (Wildman–Crippen MR) is 117 cm³/mol. The number of para-hydroxylation sites is 1. The van der Waals surface area contributed by atoms with Crippen molar-refractivity contribution in [2.45, 2.75) is 27.2 Å². The summed E-state index contributed by atoms with van der Waals surface area (Å²) in [5.74, 6) is 0.180. The van der Waals surface area contributed by atoms with Crippen LogP contribution in [0.1, 0.15) is 23.1 Å². The molecule has 1 saturated heterocycles. The molecule has 6 nitrogen and oxygen atoms in total. The molecule has 3 amide bonds. The lowest BCUT2D eigenvalue weighted by Crippen LogP contribution is -2.42. The fourth-order valence-corrected chi connectivity index (χ4v) is 3.89. The van der Waals surface area contributed by atoms with Crippen molar-refractivity contribution in [1.82, 2.24) is 10.6 Å². The second kappa shape index (κ2) is 9.45. The van der Waals surface area contributed by atoms with Crippen molar-refractivity contribution in [3.8, 4) is 0 Å². The van der Waals surface area contributed by atoms with Gasteiger partial charge in [-0.05, 0) is 56.4 Å². The normalized spacial score (nSPS) is 15.8. The first kappa shape index (κ1) is 20.7. The molecule has 0 aliphatic carbocycles. The second-order valence-corrected chi connectivity index (χ2v) is 7.82. The van der Waals surface area contributed by atoms with Crippen molar-refractivity contribution < 1.29 is 9.59 Å². The first-order valence-corrected chi connectivity index (χ1v) is 10.1. The van der Waals surface area contributed by atoms with Gasteiger partial charge in [0.05, 0.1) is 6.54 Å². The second-order valence-electron chi connectivity index (χ2n) is 7.82. The number of nitrogens with zero attached hydrogens (tertiary/aromatic N) is 1. The predicted octanol–water partition coefficient (Wildman–Crippen LogP) is 3.38. The number of hydrogen-bond donors (Lipinski definition) is 3. The van der Waals surface area contributed by atoms with Crippen LogP contribution >= 0.6 is 0 Å². The molecule has 3 N–H and O–H groups in total. The molecule has 3 rings (SSSR count). The molecule has 0 radical (unpaired) electrons. The zero-order valence-corrected chi connectivity index (χ0v) is 17.4. The Morgan fingerprint density at radius 2 is 1.72 bits per heavy atom. The van der Waals surface area contributed by atoms with Crippen LogP contribution < -0.4 is 20.9 Å². The SMILES string of the molecule is Cc1cc(C)c(NC(=O)CNC(=O)NCC2CCN(c3ccccc3)C2)c(C)c1. The Morgan fingerprint density at radius 1 is 1.03 bits per heavy atom. The number of hydrogen-bond acceptors (Lipinski definition) is 3. The Labute approximate surface area is 172 Å². The fourth-order valence-electron chi connectivity index (χ4n) is 3.89. The fraction of sp³-hybridized carbons (Fsp3) is 0.391. The highest BCUT2D eigenvalue weighted by Gasteiger charge is 2.23. The van der Waals surface area contributed by atoms with Gasteiger partial charge in [-0.15, -0.1) is 0 Å². The lowest BCUT2D eigenvalue weighted by Gasteiger charge is -2.18. The van der Waals surface area contributed by atoms with E-state index in [0.29, 0.717) is 12.5 Å². The molecule has 1 aliphatic rings. The molecule has 0 saturated carbocycles. The average molecular weight is 395 g/mol. The van der Waals surface area contributed by atoms with Crippen LogP contribution in [-0.4, -0.2) is 38.1 Å². The summed E-state index contributed by atoms with van der Waals surface area (Å²) in [7, 11) is 0. The number of nitrogens with one attached hydrogen (secondary N) is 3. The van der Waals surface area contributed by atoms with Crippen molar-refractivity contribution >= 4 is 23.3 Å². The van der Waals surface area contributed by atoms with Crippen molar-refractivity contribution in [3.63, 3.8) is 0 Å². The smallest absolute Gasteiger partial charge is 0.315 e. The van der Waals surface area contributed by atoms with Gasteiger partial charge >= 0.3 is 6.03 Å². The summed E-state index contributed by atoms with van der Waals surface area (Å²) < 4.78 is 0. The van der Waals surface area contributed by atoms with Crippen LogP contribution in [0.5, 0.6) is 0 Å². The van der Waals surface area contributed by atoms with Gasteiger partial charge in [-0.3, -0.25) is 4.79 Å². The Balaban J connectivity index is 1.39. The van der Waals surface area contributed by atoms with Gasteiger partial charge in [0.25, 0.3) is 0 Å². The Bertz CT molecular complexity index is 843. The molecule has 29 heavy (non-hydrogen) atoms. The first-order valence-electron chi connectivity index (χ1n) is 10.1. The molecule has 0 aromatic heterocycles. The summed E-state index contributed by atoms with van der Waals surface area (Å²) in [5.41, 5.74) is 5.23. The summed E-state index contributed by atoms with van der Waals surface area (Å²) in [6, 6.07) is 14.1. The van der Waals surface area contributed by atoms with Gasteiger partial charge in [-0.1, -0.05) is 35.9 Å². The number of aryl methyl sites for hydroxylation is 3. The number of carbonyl (C=O) groups excluding carboxylic acids is 2. The minimum atomic E-state index is -0.310. The standard InChI is InChI=1S/C23H30N4O2/c1-16-11-17(2)22(18(3)12-16)26-21(28)14-25-23(29)24-13-19-9-10-27(15-19)20-7-5-4-6-8-20/h4-8,11-12,19H,9-10,13-15H2,1-3H3,(H,26,28)(H2,24,25,29). The van der Waals surface area contributed by atoms with Gasteiger partial charge in [0.2, 0.25) is 5.91 Å². The lowest BCUT2D eigenvalue weighted by molar-refractivity contribution is -0.115. The van der Waals surface area contributed by atoms with Crippen LogP contribution in [0.3, 0.4) is 0 Å². The molecular formula is C23H30N4O2. The topological polar surface area (TPSA) is 73.5 Å². The quantitative estimate of drug-likeness (QED) is 0.703. The Kier molecular flexibility index (Phi) is 6.75. The highest BCUT2D eigenvalue weighted by atomic mass is 16.2. The minimum absolute atomic E-state index is 0.0562. The molecule has 1 atom stereocenters. The van der Waals surface area contributed by atoms with Gasteiger partial charge in [-0.2, -0.15) is 0 Å². The Morgan fingerprint density at radius 3 is 2.41 bits per heavy atom. The summed E-state index contributed by atoms with van der Waals surface area (Å²) in [5, 5.41) is 8.43. The van der Waals surface area contributed by atoms with E-state index in [9.17, 15) is 9.59 Å². The third-order valence-corrected chi connectivity index (χ3v) is 5.31. The maximum atomic E-state index is 12.2. The molecular weight excluding hydrogens is 364 g/mol. The maximum Gasteiger partial charge on any atom is 0.315 e. The van der Waals surface area contributed by atoms with E-state index in [1.54, 1.807) is 0 Å². The van der Waals surface area contributed by atoms with E-state index < -0.39 is 0 Å². The van der Waals surface area contributed by atoms with Crippen molar-refractivity contribution in [1.29, 1.82) is 0 Å². The molecule has 0 bridgehead atoms. The third-order valence-electron chi connectivity index (χ3n) is 5.31. The molecule has 1 heterocycles. The van der Waals surface area contributed by atoms with E-state index in [2.05, 4.69) is 33.0 Å². The largest absolute Gasteiger partial charge is 0.371 e. The van der Waals surface area contributed by atoms with Crippen LogP contribution in [0.2, 0.25) is 0 Å². The molecule has 2 aromatic rings. The van der Waals surface area contributed by atoms with Gasteiger partial charge in [0.15, 0.2) is 0 Å². The van der Waals surface area contributed by atoms with Gasteiger partial charge < -0.3 is 20.9 Å². The number of amides is 3. The van der Waals surface area contributed by atoms with Crippen LogP contribution in [0.15, 0.2) is 42.5 Å². The molecule has 1 unspecified atom stereocenters. The van der Waals surface area contributed by atoms with Gasteiger partial charge in [0.1, 0.15) is 0 Å². The molecule has 154 valence electrons. The zero-order chi connectivity index (χ0) is 20.8. The van der Waals surface area contributed by atoms with Gasteiger partial charge in [-0.25, -0.2) is 4.79 Å². The average Bonchev–Trinajstić information content (AvgIpc) is 3.17. The van der Waals surface area contributed by atoms with Gasteiger partial charge in [0, 0.05) is 31.0 Å². The lowest BCUT2D eigenvalue weighted by atomic mass is 10.1. The molecule has 1 fully saturated rings. The van der Waals surface area contributed by atoms with E-state index >= 15 is 0 Å². The molecule has 0 spiro atoms. The summed E-state index contributed by atoms with van der Waals surface area (Å²) in [6.45, 7) is 8.44. The summed E-state index contributed by atoms with van der Waals surface area (Å²) >= 11 is 0. The van der Waals surface area contributed by atoms with Crippen LogP contribution in [-0.2, 0) is 4.79 Å². The van der Waals surface area contributed by atoms with Crippen molar-refractivity contribution in [3.05, 3.63) is 59.2 Å². The van der Waals surface area contributed by atoms with E-state index in [-0.39, 0.29) is 18.5 Å². The van der Waals surface area contributed by atoms with E-state index in [1.165, 1.54) is 5.69 Å². The van der Waals surface area contributed by atoms with E-state index in [1.807, 2.05) is 51.1 Å². The van der Waals surface area contributed by atoms with Crippen molar-refractivity contribution in [2.75, 3.05) is 36.4 Å². The first-order chi connectivity index (χ1) is 13.9. The van der Waals surface area contributed by atoms with Crippen LogP contribution in [0.25, 0.3) is 0 Å². The number of rotatable bonds is 6. The molecule has 2 aromatic carbocycles. The summed E-state index contributed by atoms with van der Waals surface area (Å²) in [4.78, 5) is 26.6. The number of benzene rings is 2. The molecule has 1 aliphatic heterocycles. The number of anilines is 2. The third kappa shape index (κ3) is 5.73. The minimum Gasteiger partial charge on any atom is -0.371 e. The monoisotopic (exact) mass is 394 g/mol. The van der Waals surface area contributed by atoms with E-state index in [4.69, 9.17) is 0 Å². The Hall–Kier alpha value is -3.02. The van der Waals surface area contributed by atoms with E-state index in [0.717, 1.165) is 41.9 Å². The molecule has 6 heteroatoms. The highest BCUT2D eigenvalue weighted by molar-refractivity contribution is 5.95. The van der Waals surface area contributed by atoms with Crippen LogP contribution in [0.4, 0.5) is 16.2 Å². The number of urea groups is 1. The highest BCUT2D eigenvalue weighted by Crippen LogP contribution is 2.23. The van der Waals surface area contributed by atoms with Crippen molar-refractivity contribution in [2.24, 2.45) is 5.92 Å². The number of carbonyl (C=O) groups is 2. The van der Waals surface area contributed by atoms with Crippen LogP contribution in [0, 0.1) is 26.7 Å². The maximum absolute atomic E-state index is 12.2. The zero-order valence-electron chi connectivity index (χ0n) is 17.4.